The first kappa shape index (κ1) is 17.9. The van der Waals surface area contributed by atoms with E-state index in [2.05, 4.69) is 28.2 Å². The molecule has 0 aromatic rings. The van der Waals surface area contributed by atoms with Crippen molar-refractivity contribution in [3.63, 3.8) is 0 Å². The predicted octanol–water partition coefficient (Wildman–Crippen LogP) is 1.19. The van der Waals surface area contributed by atoms with Crippen molar-refractivity contribution in [2.24, 2.45) is 11.8 Å². The van der Waals surface area contributed by atoms with E-state index in [0.29, 0.717) is 0 Å². The maximum Gasteiger partial charge on any atom is -0.00173 e. The van der Waals surface area contributed by atoms with Crippen LogP contribution in [0.2, 0.25) is 0 Å². The molecule has 1 rings (SSSR count). The fraction of sp³-hybridized carbons (Fsp3) is 1.00. The van der Waals surface area contributed by atoms with Crippen molar-refractivity contribution >= 4 is 0 Å². The highest BCUT2D eigenvalue weighted by Gasteiger charge is 2.35. The number of unbranched alkanes of at least 4 members (excludes halogenated alkanes) is 2. The van der Waals surface area contributed by atoms with Gasteiger partial charge in [0.1, 0.15) is 0 Å². The number of hydrogen-bond acceptors (Lipinski definition) is 4. The quantitative estimate of drug-likeness (QED) is 0.341. The minimum absolute atomic E-state index is 0.938. The summed E-state index contributed by atoms with van der Waals surface area (Å²) in [5.74, 6) is 1.88. The Labute approximate surface area is 125 Å². The second kappa shape index (κ2) is 12.6. The summed E-state index contributed by atoms with van der Waals surface area (Å²) in [5, 5.41) is 13.8. The van der Waals surface area contributed by atoms with E-state index in [1.807, 2.05) is 7.05 Å². The van der Waals surface area contributed by atoms with Crippen LogP contribution in [-0.4, -0.2) is 52.9 Å². The lowest BCUT2D eigenvalue weighted by atomic mass is 10.2. The summed E-state index contributed by atoms with van der Waals surface area (Å²) in [6, 6.07) is 0. The lowest BCUT2D eigenvalue weighted by molar-refractivity contribution is 0.533. The molecule has 0 aliphatic heterocycles. The fourth-order valence-electron chi connectivity index (χ4n) is 2.61. The zero-order valence-corrected chi connectivity index (χ0v) is 13.6. The van der Waals surface area contributed by atoms with Crippen LogP contribution >= 0.6 is 0 Å². The van der Waals surface area contributed by atoms with Crippen molar-refractivity contribution in [3.8, 4) is 0 Å². The van der Waals surface area contributed by atoms with Gasteiger partial charge in [0.2, 0.25) is 0 Å². The average Bonchev–Trinajstić information content (AvgIpc) is 3.20. The van der Waals surface area contributed by atoms with Crippen molar-refractivity contribution in [2.45, 2.75) is 39.0 Å². The summed E-state index contributed by atoms with van der Waals surface area (Å²) in [6.45, 7) is 10.4. The average molecular weight is 284 g/mol. The molecule has 1 saturated carbocycles. The third-order valence-corrected chi connectivity index (χ3v) is 4.12. The highest BCUT2D eigenvalue weighted by Crippen LogP contribution is 2.36. The summed E-state index contributed by atoms with van der Waals surface area (Å²) < 4.78 is 0. The van der Waals surface area contributed by atoms with Crippen LogP contribution in [0.5, 0.6) is 0 Å². The minimum atomic E-state index is 0.938. The van der Waals surface area contributed by atoms with Gasteiger partial charge in [-0.25, -0.2) is 0 Å². The molecular formula is C16H36N4. The van der Waals surface area contributed by atoms with Crippen molar-refractivity contribution < 1.29 is 0 Å². The second-order valence-corrected chi connectivity index (χ2v) is 6.04. The van der Waals surface area contributed by atoms with Gasteiger partial charge in [-0.3, -0.25) is 0 Å². The Hall–Kier alpha value is -0.160. The van der Waals surface area contributed by atoms with E-state index >= 15 is 0 Å². The Morgan fingerprint density at radius 2 is 1.25 bits per heavy atom. The maximum atomic E-state index is 3.61. The molecule has 0 saturated heterocycles. The molecule has 0 spiro atoms. The molecule has 2 unspecified atom stereocenters. The van der Waals surface area contributed by atoms with Crippen LogP contribution in [0.15, 0.2) is 0 Å². The SMILES string of the molecule is CCNCCCCNCC1CC1CNCCCCNC. The molecule has 0 amide bonds. The van der Waals surface area contributed by atoms with E-state index in [-0.39, 0.29) is 0 Å². The molecule has 4 heteroatoms. The third kappa shape index (κ3) is 9.70. The summed E-state index contributed by atoms with van der Waals surface area (Å²) in [5.41, 5.74) is 0. The molecule has 0 aromatic heterocycles. The number of rotatable bonds is 15. The molecule has 0 heterocycles. The Morgan fingerprint density at radius 1 is 0.750 bits per heavy atom. The van der Waals surface area contributed by atoms with Crippen LogP contribution in [0.3, 0.4) is 0 Å². The molecule has 0 aromatic carbocycles. The van der Waals surface area contributed by atoms with E-state index < -0.39 is 0 Å². The largest absolute Gasteiger partial charge is 0.320 e. The standard InChI is InChI=1S/C16H36N4/c1-3-18-9-6-7-11-20-14-16-12-15(16)13-19-10-5-4-8-17-2/h15-20H,3-14H2,1-2H3. The highest BCUT2D eigenvalue weighted by atomic mass is 14.9. The van der Waals surface area contributed by atoms with Gasteiger partial charge in [-0.2, -0.15) is 0 Å². The van der Waals surface area contributed by atoms with Gasteiger partial charge in [-0.05, 0) is 96.8 Å². The Balaban J connectivity index is 1.75. The Morgan fingerprint density at radius 3 is 1.75 bits per heavy atom. The maximum absolute atomic E-state index is 3.61. The van der Waals surface area contributed by atoms with Crippen molar-refractivity contribution in [2.75, 3.05) is 52.9 Å². The first-order valence-corrected chi connectivity index (χ1v) is 8.65. The Kier molecular flexibility index (Phi) is 11.2. The molecule has 0 radical (unpaired) electrons. The first-order valence-electron chi connectivity index (χ1n) is 8.65. The van der Waals surface area contributed by atoms with E-state index in [9.17, 15) is 0 Å². The van der Waals surface area contributed by atoms with E-state index in [1.54, 1.807) is 0 Å². The lowest BCUT2D eigenvalue weighted by Crippen LogP contribution is -2.23. The van der Waals surface area contributed by atoms with Crippen LogP contribution in [0.25, 0.3) is 0 Å². The number of hydrogen-bond donors (Lipinski definition) is 4. The van der Waals surface area contributed by atoms with Crippen molar-refractivity contribution in [3.05, 3.63) is 0 Å². The molecule has 1 aliphatic rings. The second-order valence-electron chi connectivity index (χ2n) is 6.04. The summed E-state index contributed by atoms with van der Waals surface area (Å²) in [7, 11) is 2.02. The van der Waals surface area contributed by atoms with Crippen molar-refractivity contribution in [1.82, 2.24) is 21.3 Å². The predicted molar refractivity (Wildman–Crippen MR) is 88.3 cm³/mol. The monoisotopic (exact) mass is 284 g/mol. The van der Waals surface area contributed by atoms with Gasteiger partial charge in [0.05, 0.1) is 0 Å². The Bertz CT molecular complexity index is 211. The normalized spacial score (nSPS) is 21.3. The topological polar surface area (TPSA) is 48.1 Å². The van der Waals surface area contributed by atoms with Crippen LogP contribution in [0, 0.1) is 11.8 Å². The molecule has 0 bridgehead atoms. The summed E-state index contributed by atoms with van der Waals surface area (Å²) >= 11 is 0. The van der Waals surface area contributed by atoms with Crippen LogP contribution in [-0.2, 0) is 0 Å². The van der Waals surface area contributed by atoms with Gasteiger partial charge in [-0.15, -0.1) is 0 Å². The summed E-state index contributed by atoms with van der Waals surface area (Å²) in [6.07, 6.45) is 6.60. The van der Waals surface area contributed by atoms with E-state index in [1.165, 1.54) is 64.8 Å². The lowest BCUT2D eigenvalue weighted by Gasteiger charge is -2.06. The summed E-state index contributed by atoms with van der Waals surface area (Å²) in [4.78, 5) is 0. The molecule has 1 fully saturated rings. The van der Waals surface area contributed by atoms with E-state index in [0.717, 1.165) is 24.9 Å². The van der Waals surface area contributed by atoms with Gasteiger partial charge >= 0.3 is 0 Å². The minimum Gasteiger partial charge on any atom is -0.320 e. The zero-order chi connectivity index (χ0) is 14.5. The molecule has 4 N–H and O–H groups in total. The van der Waals surface area contributed by atoms with Crippen LogP contribution < -0.4 is 21.3 Å². The molecule has 20 heavy (non-hydrogen) atoms. The molecular weight excluding hydrogens is 248 g/mol. The van der Waals surface area contributed by atoms with Gasteiger partial charge in [0, 0.05) is 0 Å². The van der Waals surface area contributed by atoms with Gasteiger partial charge in [-0.1, -0.05) is 6.92 Å². The van der Waals surface area contributed by atoms with Crippen LogP contribution in [0.1, 0.15) is 39.0 Å². The zero-order valence-electron chi connectivity index (χ0n) is 13.6. The molecule has 1 aliphatic carbocycles. The molecule has 4 nitrogen and oxygen atoms in total. The van der Waals surface area contributed by atoms with Crippen molar-refractivity contribution in [1.29, 1.82) is 0 Å². The van der Waals surface area contributed by atoms with Gasteiger partial charge in [0.25, 0.3) is 0 Å². The van der Waals surface area contributed by atoms with Crippen LogP contribution in [0.4, 0.5) is 0 Å². The van der Waals surface area contributed by atoms with Gasteiger partial charge < -0.3 is 21.3 Å². The molecule has 120 valence electrons. The number of nitrogens with one attached hydrogen (secondary N) is 4. The van der Waals surface area contributed by atoms with E-state index in [4.69, 9.17) is 0 Å². The first-order chi connectivity index (χ1) is 9.88. The smallest absolute Gasteiger partial charge is 0.00173 e. The fourth-order valence-corrected chi connectivity index (χ4v) is 2.61. The highest BCUT2D eigenvalue weighted by molar-refractivity contribution is 4.89. The third-order valence-electron chi connectivity index (χ3n) is 4.12. The molecule has 2 atom stereocenters. The van der Waals surface area contributed by atoms with Gasteiger partial charge in [0.15, 0.2) is 0 Å².